The Morgan fingerprint density at radius 3 is 2.44 bits per heavy atom. The minimum Gasteiger partial charge on any atom is -0.379 e. The largest absolute Gasteiger partial charge is 0.379 e. The third-order valence-corrected chi connectivity index (χ3v) is 8.96. The molecule has 0 aromatic heterocycles. The molecule has 0 N–H and O–H groups in total. The van der Waals surface area contributed by atoms with Gasteiger partial charge in [0.05, 0.1) is 29.6 Å². The number of sulfonamides is 1. The lowest BCUT2D eigenvalue weighted by molar-refractivity contribution is 0.0367. The standard InChI is InChI=1S/C17H25ClN2O5S2/c18-15-2-4-17(5-3-15)27(23,24)20(16-6-13-26(21,22)14-16)8-1-7-19-9-11-25-12-10-19/h2-5,16H,1,6-14H2. The monoisotopic (exact) mass is 436 g/mol. The SMILES string of the molecule is O=S1(=O)CCC(N(CCCN2CCOCC2)S(=O)(=O)c2ccc(Cl)cc2)C1. The van der Waals surface area contributed by atoms with Gasteiger partial charge >= 0.3 is 0 Å². The van der Waals surface area contributed by atoms with Crippen LogP contribution in [-0.4, -0.2) is 83.0 Å². The van der Waals surface area contributed by atoms with Gasteiger partial charge in [0.1, 0.15) is 0 Å². The second-order valence-electron chi connectivity index (χ2n) is 6.93. The van der Waals surface area contributed by atoms with E-state index >= 15 is 0 Å². The molecule has 2 aliphatic rings. The zero-order valence-corrected chi connectivity index (χ0v) is 17.5. The molecule has 1 aromatic carbocycles. The number of morpholine rings is 1. The summed E-state index contributed by atoms with van der Waals surface area (Å²) in [5.41, 5.74) is 0. The number of rotatable bonds is 7. The summed E-state index contributed by atoms with van der Waals surface area (Å²) in [6, 6.07) is 5.49. The Hall–Kier alpha value is -0.710. The summed E-state index contributed by atoms with van der Waals surface area (Å²) < 4.78 is 56.9. The molecular weight excluding hydrogens is 412 g/mol. The minimum absolute atomic E-state index is 0.0355. The van der Waals surface area contributed by atoms with E-state index in [2.05, 4.69) is 4.90 Å². The molecule has 1 aromatic rings. The van der Waals surface area contributed by atoms with Crippen molar-refractivity contribution in [2.45, 2.75) is 23.8 Å². The average Bonchev–Trinajstić information content (AvgIpc) is 2.99. The fourth-order valence-electron chi connectivity index (χ4n) is 3.52. The molecule has 1 atom stereocenters. The van der Waals surface area contributed by atoms with E-state index in [1.807, 2.05) is 0 Å². The zero-order chi connectivity index (χ0) is 19.5. The van der Waals surface area contributed by atoms with Crippen molar-refractivity contribution in [2.24, 2.45) is 0 Å². The topological polar surface area (TPSA) is 84.0 Å². The van der Waals surface area contributed by atoms with Gasteiger partial charge in [-0.15, -0.1) is 0 Å². The molecule has 1 unspecified atom stereocenters. The van der Waals surface area contributed by atoms with Crippen LogP contribution in [0.15, 0.2) is 29.2 Å². The molecule has 2 saturated heterocycles. The van der Waals surface area contributed by atoms with Crippen LogP contribution in [0.2, 0.25) is 5.02 Å². The van der Waals surface area contributed by atoms with E-state index in [1.54, 1.807) is 0 Å². The van der Waals surface area contributed by atoms with E-state index < -0.39 is 25.9 Å². The molecule has 10 heteroatoms. The van der Waals surface area contributed by atoms with Gasteiger partial charge < -0.3 is 4.74 Å². The first-order valence-corrected chi connectivity index (χ1v) is 12.7. The Morgan fingerprint density at radius 2 is 1.85 bits per heavy atom. The lowest BCUT2D eigenvalue weighted by Gasteiger charge is -2.30. The van der Waals surface area contributed by atoms with Crippen LogP contribution in [0.4, 0.5) is 0 Å². The molecule has 7 nitrogen and oxygen atoms in total. The summed E-state index contributed by atoms with van der Waals surface area (Å²) in [5.74, 6) is -0.0782. The molecule has 0 saturated carbocycles. The maximum absolute atomic E-state index is 13.2. The fourth-order valence-corrected chi connectivity index (χ4v) is 7.16. The van der Waals surface area contributed by atoms with Crippen molar-refractivity contribution in [1.82, 2.24) is 9.21 Å². The van der Waals surface area contributed by atoms with Gasteiger partial charge in [0.2, 0.25) is 10.0 Å². The van der Waals surface area contributed by atoms with Crippen LogP contribution in [0.25, 0.3) is 0 Å². The first kappa shape index (κ1) is 21.0. The highest BCUT2D eigenvalue weighted by molar-refractivity contribution is 7.92. The molecule has 3 rings (SSSR count). The van der Waals surface area contributed by atoms with Crippen molar-refractivity contribution >= 4 is 31.5 Å². The fraction of sp³-hybridized carbons (Fsp3) is 0.647. The van der Waals surface area contributed by atoms with Crippen LogP contribution in [-0.2, 0) is 24.6 Å². The van der Waals surface area contributed by atoms with E-state index in [4.69, 9.17) is 16.3 Å². The van der Waals surface area contributed by atoms with Gasteiger partial charge in [0.25, 0.3) is 0 Å². The van der Waals surface area contributed by atoms with Crippen LogP contribution in [0, 0.1) is 0 Å². The van der Waals surface area contributed by atoms with Crippen LogP contribution in [0.3, 0.4) is 0 Å². The summed E-state index contributed by atoms with van der Waals surface area (Å²) in [4.78, 5) is 2.38. The Kier molecular flexibility index (Phi) is 6.81. The Balaban J connectivity index is 1.75. The number of halogens is 1. The van der Waals surface area contributed by atoms with Crippen LogP contribution in [0.1, 0.15) is 12.8 Å². The van der Waals surface area contributed by atoms with Crippen molar-refractivity contribution in [3.63, 3.8) is 0 Å². The van der Waals surface area contributed by atoms with E-state index in [-0.39, 0.29) is 16.4 Å². The summed E-state index contributed by atoms with van der Waals surface area (Å²) >= 11 is 5.87. The number of benzene rings is 1. The van der Waals surface area contributed by atoms with E-state index in [0.29, 0.717) is 37.6 Å². The number of hydrogen-bond donors (Lipinski definition) is 0. The highest BCUT2D eigenvalue weighted by atomic mass is 35.5. The number of ether oxygens (including phenoxy) is 1. The lowest BCUT2D eigenvalue weighted by Crippen LogP contribution is -2.43. The second kappa shape index (κ2) is 8.75. The van der Waals surface area contributed by atoms with Gasteiger partial charge in [-0.1, -0.05) is 11.6 Å². The molecule has 2 fully saturated rings. The van der Waals surface area contributed by atoms with Crippen molar-refractivity contribution in [1.29, 1.82) is 0 Å². The molecular formula is C17H25ClN2O5S2. The van der Waals surface area contributed by atoms with Gasteiger partial charge in [-0.2, -0.15) is 4.31 Å². The number of nitrogens with zero attached hydrogens (tertiary/aromatic N) is 2. The molecule has 2 heterocycles. The van der Waals surface area contributed by atoms with Gasteiger partial charge in [-0.05, 0) is 43.7 Å². The predicted molar refractivity (Wildman–Crippen MR) is 104 cm³/mol. The summed E-state index contributed by atoms with van der Waals surface area (Å²) in [7, 11) is -6.98. The predicted octanol–water partition coefficient (Wildman–Crippen LogP) is 1.24. The maximum atomic E-state index is 13.2. The molecule has 0 spiro atoms. The van der Waals surface area contributed by atoms with Gasteiger partial charge in [0, 0.05) is 30.7 Å². The summed E-state index contributed by atoms with van der Waals surface area (Å²) in [6.45, 7) is 4.10. The van der Waals surface area contributed by atoms with Crippen molar-refractivity contribution in [2.75, 3.05) is 50.9 Å². The van der Waals surface area contributed by atoms with Crippen molar-refractivity contribution < 1.29 is 21.6 Å². The second-order valence-corrected chi connectivity index (χ2v) is 11.5. The molecule has 0 radical (unpaired) electrons. The van der Waals surface area contributed by atoms with Gasteiger partial charge in [-0.3, -0.25) is 4.90 Å². The van der Waals surface area contributed by atoms with Crippen LogP contribution >= 0.6 is 11.6 Å². The number of sulfone groups is 1. The van der Waals surface area contributed by atoms with Crippen LogP contribution < -0.4 is 0 Å². The average molecular weight is 437 g/mol. The first-order chi connectivity index (χ1) is 12.8. The van der Waals surface area contributed by atoms with Gasteiger partial charge in [0.15, 0.2) is 9.84 Å². The van der Waals surface area contributed by atoms with Crippen LogP contribution in [0.5, 0.6) is 0 Å². The lowest BCUT2D eigenvalue weighted by atomic mass is 10.2. The molecule has 2 aliphatic heterocycles. The first-order valence-electron chi connectivity index (χ1n) is 9.06. The van der Waals surface area contributed by atoms with E-state index in [0.717, 1.165) is 19.6 Å². The highest BCUT2D eigenvalue weighted by Gasteiger charge is 2.38. The molecule has 0 aliphatic carbocycles. The van der Waals surface area contributed by atoms with E-state index in [9.17, 15) is 16.8 Å². The summed E-state index contributed by atoms with van der Waals surface area (Å²) in [5, 5.41) is 0.455. The van der Waals surface area contributed by atoms with Crippen molar-refractivity contribution in [3.8, 4) is 0 Å². The Morgan fingerprint density at radius 1 is 1.19 bits per heavy atom. The molecule has 0 bridgehead atoms. The maximum Gasteiger partial charge on any atom is 0.243 e. The minimum atomic E-state index is -3.79. The zero-order valence-electron chi connectivity index (χ0n) is 15.1. The molecule has 152 valence electrons. The quantitative estimate of drug-likeness (QED) is 0.639. The van der Waals surface area contributed by atoms with E-state index in [1.165, 1.54) is 28.6 Å². The highest BCUT2D eigenvalue weighted by Crippen LogP contribution is 2.26. The van der Waals surface area contributed by atoms with Gasteiger partial charge in [-0.25, -0.2) is 16.8 Å². The molecule has 0 amide bonds. The van der Waals surface area contributed by atoms with Crippen molar-refractivity contribution in [3.05, 3.63) is 29.3 Å². The third kappa shape index (κ3) is 5.42. The Bertz CT molecular complexity index is 837. The molecule has 27 heavy (non-hydrogen) atoms. The normalized spacial score (nSPS) is 23.7. The summed E-state index contributed by atoms with van der Waals surface area (Å²) in [6.07, 6.45) is 0.982. The third-order valence-electron chi connectivity index (χ3n) is 4.99. The Labute approximate surface area is 166 Å². The smallest absolute Gasteiger partial charge is 0.243 e. The number of hydrogen-bond acceptors (Lipinski definition) is 6.